The Balaban J connectivity index is 1.83. The molecule has 1 spiro atoms. The number of aryl methyl sites for hydroxylation is 1. The third kappa shape index (κ3) is 2.80. The maximum Gasteiger partial charge on any atom is 0.248 e. The SMILES string of the molecule is Cc1cccc(CN2CCC(=O)NC3(CCCC3)C2=O)c1. The Bertz CT molecular complexity index is 562. The van der Waals surface area contributed by atoms with Gasteiger partial charge in [-0.3, -0.25) is 9.59 Å². The van der Waals surface area contributed by atoms with E-state index in [0.717, 1.165) is 31.2 Å². The van der Waals surface area contributed by atoms with Crippen LogP contribution in [0.5, 0.6) is 0 Å². The zero-order valence-corrected chi connectivity index (χ0v) is 12.5. The van der Waals surface area contributed by atoms with Crippen molar-refractivity contribution in [1.82, 2.24) is 10.2 Å². The van der Waals surface area contributed by atoms with Crippen molar-refractivity contribution in [2.45, 2.75) is 51.1 Å². The van der Waals surface area contributed by atoms with Crippen molar-refractivity contribution >= 4 is 11.8 Å². The van der Waals surface area contributed by atoms with Gasteiger partial charge in [0.2, 0.25) is 11.8 Å². The van der Waals surface area contributed by atoms with Gasteiger partial charge in [0.25, 0.3) is 0 Å². The minimum Gasteiger partial charge on any atom is -0.342 e. The molecule has 2 amide bonds. The van der Waals surface area contributed by atoms with E-state index in [9.17, 15) is 9.59 Å². The first-order valence-corrected chi connectivity index (χ1v) is 7.75. The summed E-state index contributed by atoms with van der Waals surface area (Å²) in [6, 6.07) is 8.22. The van der Waals surface area contributed by atoms with E-state index in [2.05, 4.69) is 24.4 Å². The molecule has 1 heterocycles. The zero-order valence-electron chi connectivity index (χ0n) is 12.5. The largest absolute Gasteiger partial charge is 0.342 e. The number of hydrogen-bond acceptors (Lipinski definition) is 2. The maximum absolute atomic E-state index is 12.9. The predicted molar refractivity (Wildman–Crippen MR) is 80.6 cm³/mol. The van der Waals surface area contributed by atoms with Crippen LogP contribution in [-0.2, 0) is 16.1 Å². The van der Waals surface area contributed by atoms with Crippen LogP contribution in [0.25, 0.3) is 0 Å². The Morgan fingerprint density at radius 3 is 2.71 bits per heavy atom. The van der Waals surface area contributed by atoms with Crippen LogP contribution in [0.3, 0.4) is 0 Å². The lowest BCUT2D eigenvalue weighted by atomic mass is 9.95. The minimum atomic E-state index is -0.628. The second-order valence-electron chi connectivity index (χ2n) is 6.30. The van der Waals surface area contributed by atoms with Crippen LogP contribution >= 0.6 is 0 Å². The van der Waals surface area contributed by atoms with Crippen LogP contribution in [0.4, 0.5) is 0 Å². The number of carbonyl (C=O) groups excluding carboxylic acids is 2. The van der Waals surface area contributed by atoms with E-state index in [0.29, 0.717) is 19.5 Å². The van der Waals surface area contributed by atoms with Gasteiger partial charge in [-0.05, 0) is 25.3 Å². The fraction of sp³-hybridized carbons (Fsp3) is 0.529. The highest BCUT2D eigenvalue weighted by atomic mass is 16.2. The molecule has 2 aliphatic rings. The van der Waals surface area contributed by atoms with Gasteiger partial charge in [-0.1, -0.05) is 42.7 Å². The van der Waals surface area contributed by atoms with Gasteiger partial charge in [0, 0.05) is 19.5 Å². The second-order valence-corrected chi connectivity index (χ2v) is 6.30. The number of amides is 2. The van der Waals surface area contributed by atoms with Crippen LogP contribution in [-0.4, -0.2) is 28.8 Å². The van der Waals surface area contributed by atoms with Crippen molar-refractivity contribution in [3.8, 4) is 0 Å². The number of nitrogens with zero attached hydrogens (tertiary/aromatic N) is 1. The van der Waals surface area contributed by atoms with Gasteiger partial charge in [0.15, 0.2) is 0 Å². The summed E-state index contributed by atoms with van der Waals surface area (Å²) in [5.41, 5.74) is 1.70. The maximum atomic E-state index is 12.9. The Kier molecular flexibility index (Phi) is 3.70. The normalized spacial score (nSPS) is 21.5. The number of carbonyl (C=O) groups is 2. The summed E-state index contributed by atoms with van der Waals surface area (Å²) in [7, 11) is 0. The molecule has 1 aromatic rings. The molecule has 1 aliphatic heterocycles. The van der Waals surface area contributed by atoms with Gasteiger partial charge in [-0.2, -0.15) is 0 Å². The first-order valence-electron chi connectivity index (χ1n) is 7.75. The molecular formula is C17H22N2O2. The van der Waals surface area contributed by atoms with Gasteiger partial charge in [-0.15, -0.1) is 0 Å². The lowest BCUT2D eigenvalue weighted by Gasteiger charge is -2.31. The number of rotatable bonds is 2. The summed E-state index contributed by atoms with van der Waals surface area (Å²) in [4.78, 5) is 26.7. The fourth-order valence-electron chi connectivity index (χ4n) is 3.52. The third-order valence-electron chi connectivity index (χ3n) is 4.60. The summed E-state index contributed by atoms with van der Waals surface area (Å²) >= 11 is 0. The first-order chi connectivity index (χ1) is 10.1. The smallest absolute Gasteiger partial charge is 0.248 e. The second kappa shape index (κ2) is 5.51. The number of benzene rings is 1. The zero-order chi connectivity index (χ0) is 14.9. The monoisotopic (exact) mass is 286 g/mol. The summed E-state index contributed by atoms with van der Waals surface area (Å²) in [5.74, 6) is 0.115. The summed E-state index contributed by atoms with van der Waals surface area (Å²) in [6.45, 7) is 3.16. The van der Waals surface area contributed by atoms with Crippen LogP contribution in [0.2, 0.25) is 0 Å². The molecule has 0 aromatic heterocycles. The highest BCUT2D eigenvalue weighted by molar-refractivity contribution is 5.93. The standard InChI is InChI=1S/C17H22N2O2/c1-13-5-4-6-14(11-13)12-19-10-7-15(20)18-17(16(19)21)8-2-3-9-17/h4-6,11H,2-3,7-10,12H2,1H3,(H,18,20). The van der Waals surface area contributed by atoms with Crippen LogP contribution in [0.15, 0.2) is 24.3 Å². The summed E-state index contributed by atoms with van der Waals surface area (Å²) in [5, 5.41) is 3.00. The Morgan fingerprint density at radius 2 is 2.00 bits per heavy atom. The highest BCUT2D eigenvalue weighted by Crippen LogP contribution is 2.33. The van der Waals surface area contributed by atoms with Gasteiger partial charge in [0.05, 0.1) is 0 Å². The van der Waals surface area contributed by atoms with Crippen LogP contribution < -0.4 is 5.32 Å². The molecule has 0 bridgehead atoms. The molecule has 4 heteroatoms. The molecule has 1 N–H and O–H groups in total. The molecule has 21 heavy (non-hydrogen) atoms. The molecule has 0 atom stereocenters. The molecule has 112 valence electrons. The van der Waals surface area contributed by atoms with E-state index in [1.807, 2.05) is 17.0 Å². The van der Waals surface area contributed by atoms with Gasteiger partial charge >= 0.3 is 0 Å². The van der Waals surface area contributed by atoms with Crippen molar-refractivity contribution in [1.29, 1.82) is 0 Å². The van der Waals surface area contributed by atoms with Crippen molar-refractivity contribution < 1.29 is 9.59 Å². The van der Waals surface area contributed by atoms with Crippen molar-refractivity contribution in [2.75, 3.05) is 6.54 Å². The Morgan fingerprint density at radius 1 is 1.24 bits per heavy atom. The van der Waals surface area contributed by atoms with Crippen molar-refractivity contribution in [3.05, 3.63) is 35.4 Å². The van der Waals surface area contributed by atoms with Gasteiger partial charge in [-0.25, -0.2) is 0 Å². The van der Waals surface area contributed by atoms with Crippen LogP contribution in [0.1, 0.15) is 43.2 Å². The van der Waals surface area contributed by atoms with E-state index < -0.39 is 5.54 Å². The summed E-state index contributed by atoms with van der Waals surface area (Å²) in [6.07, 6.45) is 4.00. The lowest BCUT2D eigenvalue weighted by molar-refractivity contribution is -0.139. The highest BCUT2D eigenvalue weighted by Gasteiger charge is 2.46. The van der Waals surface area contributed by atoms with E-state index in [1.165, 1.54) is 5.56 Å². The molecule has 0 unspecified atom stereocenters. The van der Waals surface area contributed by atoms with E-state index in [4.69, 9.17) is 0 Å². The summed E-state index contributed by atoms with van der Waals surface area (Å²) < 4.78 is 0. The molecule has 1 aromatic carbocycles. The van der Waals surface area contributed by atoms with Gasteiger partial charge < -0.3 is 10.2 Å². The number of nitrogens with one attached hydrogen (secondary N) is 1. The molecular weight excluding hydrogens is 264 g/mol. The molecule has 1 aliphatic carbocycles. The molecule has 0 radical (unpaired) electrons. The van der Waals surface area contributed by atoms with Crippen molar-refractivity contribution in [3.63, 3.8) is 0 Å². The van der Waals surface area contributed by atoms with E-state index >= 15 is 0 Å². The molecule has 4 nitrogen and oxygen atoms in total. The van der Waals surface area contributed by atoms with E-state index in [-0.39, 0.29) is 11.8 Å². The molecule has 1 saturated heterocycles. The topological polar surface area (TPSA) is 49.4 Å². The first kappa shape index (κ1) is 14.1. The minimum absolute atomic E-state index is 0.0111. The molecule has 3 rings (SSSR count). The Hall–Kier alpha value is -1.84. The molecule has 2 fully saturated rings. The third-order valence-corrected chi connectivity index (χ3v) is 4.60. The number of hydrogen-bond donors (Lipinski definition) is 1. The van der Waals surface area contributed by atoms with Crippen LogP contribution in [0, 0.1) is 6.92 Å². The van der Waals surface area contributed by atoms with Gasteiger partial charge in [0.1, 0.15) is 5.54 Å². The fourth-order valence-corrected chi connectivity index (χ4v) is 3.52. The van der Waals surface area contributed by atoms with E-state index in [1.54, 1.807) is 0 Å². The van der Waals surface area contributed by atoms with Crippen molar-refractivity contribution in [2.24, 2.45) is 0 Å². The quantitative estimate of drug-likeness (QED) is 0.905. The predicted octanol–water partition coefficient (Wildman–Crippen LogP) is 2.16. The average molecular weight is 286 g/mol. The average Bonchev–Trinajstić information content (AvgIpc) is 2.88. The lowest BCUT2D eigenvalue weighted by Crippen LogP contribution is -2.55. The molecule has 1 saturated carbocycles. The Labute approximate surface area is 125 Å².